The lowest BCUT2D eigenvalue weighted by molar-refractivity contribution is 0.0593. The minimum absolute atomic E-state index is 0.244. The van der Waals surface area contributed by atoms with Crippen LogP contribution in [0.5, 0.6) is 0 Å². The number of carbonyl (C=O) groups is 1. The number of nitrogen functional groups attached to an aromatic ring is 1. The fourth-order valence-electron chi connectivity index (χ4n) is 1.39. The highest BCUT2D eigenvalue weighted by Gasteiger charge is 2.15. The van der Waals surface area contributed by atoms with Crippen LogP contribution in [0.3, 0.4) is 0 Å². The number of carbonyl (C=O) groups excluding carboxylic acids is 1. The van der Waals surface area contributed by atoms with E-state index in [1.165, 1.54) is 7.11 Å². The molecule has 84 valence electrons. The number of nitrogens with one attached hydrogen (secondary N) is 1. The maximum absolute atomic E-state index is 11.3. The standard InChI is InChI=1S/C9H11N5O2/c1-14-7(6-4-11-9(10)12-6)3-5(13-14)8(15)16-2/h3-4H,1-2H3,(H3,10,11,12). The first-order valence-electron chi connectivity index (χ1n) is 4.55. The number of aromatic nitrogens is 4. The number of nitrogens with zero attached hydrogens (tertiary/aromatic N) is 3. The van der Waals surface area contributed by atoms with Gasteiger partial charge in [-0.2, -0.15) is 5.10 Å². The molecular formula is C9H11N5O2. The van der Waals surface area contributed by atoms with Gasteiger partial charge >= 0.3 is 5.97 Å². The highest BCUT2D eigenvalue weighted by molar-refractivity contribution is 5.88. The Morgan fingerprint density at radius 2 is 2.38 bits per heavy atom. The van der Waals surface area contributed by atoms with E-state index >= 15 is 0 Å². The van der Waals surface area contributed by atoms with E-state index < -0.39 is 5.97 Å². The third kappa shape index (κ3) is 1.62. The van der Waals surface area contributed by atoms with Crippen LogP contribution < -0.4 is 5.73 Å². The third-order valence-electron chi connectivity index (χ3n) is 2.15. The number of H-pyrrole nitrogens is 1. The molecule has 0 aromatic carbocycles. The second-order valence-electron chi connectivity index (χ2n) is 3.21. The molecule has 2 aromatic rings. The van der Waals surface area contributed by atoms with Crippen molar-refractivity contribution in [2.45, 2.75) is 0 Å². The number of imidazole rings is 1. The largest absolute Gasteiger partial charge is 0.464 e. The molecule has 2 heterocycles. The lowest BCUT2D eigenvalue weighted by Gasteiger charge is -1.95. The molecule has 16 heavy (non-hydrogen) atoms. The first kappa shape index (κ1) is 10.2. The van der Waals surface area contributed by atoms with Crippen LogP contribution in [-0.4, -0.2) is 32.8 Å². The van der Waals surface area contributed by atoms with E-state index in [0.717, 1.165) is 0 Å². The predicted octanol–water partition coefficient (Wildman–Crippen LogP) is 0.179. The van der Waals surface area contributed by atoms with Crippen molar-refractivity contribution >= 4 is 11.9 Å². The van der Waals surface area contributed by atoms with E-state index in [9.17, 15) is 4.79 Å². The molecular weight excluding hydrogens is 210 g/mol. The maximum atomic E-state index is 11.3. The fraction of sp³-hybridized carbons (Fsp3) is 0.222. The van der Waals surface area contributed by atoms with Gasteiger partial charge in [-0.05, 0) is 0 Å². The Kier molecular flexibility index (Phi) is 2.35. The van der Waals surface area contributed by atoms with Crippen molar-refractivity contribution in [2.24, 2.45) is 7.05 Å². The first-order valence-corrected chi connectivity index (χ1v) is 4.55. The summed E-state index contributed by atoms with van der Waals surface area (Å²) in [7, 11) is 3.03. The first-order chi connectivity index (χ1) is 7.61. The van der Waals surface area contributed by atoms with Gasteiger partial charge in [-0.15, -0.1) is 0 Å². The molecule has 0 aliphatic rings. The number of esters is 1. The second-order valence-corrected chi connectivity index (χ2v) is 3.21. The van der Waals surface area contributed by atoms with Crippen LogP contribution in [0.4, 0.5) is 5.95 Å². The summed E-state index contributed by atoms with van der Waals surface area (Å²) in [6.07, 6.45) is 1.58. The lowest BCUT2D eigenvalue weighted by atomic mass is 10.3. The van der Waals surface area contributed by atoms with Crippen molar-refractivity contribution in [1.82, 2.24) is 19.7 Å². The maximum Gasteiger partial charge on any atom is 0.358 e. The number of anilines is 1. The number of hydrogen-bond acceptors (Lipinski definition) is 5. The number of nitrogens with two attached hydrogens (primary N) is 1. The summed E-state index contributed by atoms with van der Waals surface area (Å²) in [5, 5.41) is 4.02. The van der Waals surface area contributed by atoms with Crippen molar-refractivity contribution in [3.05, 3.63) is 18.0 Å². The number of hydrogen-bond donors (Lipinski definition) is 2. The highest BCUT2D eigenvalue weighted by Crippen LogP contribution is 2.18. The minimum atomic E-state index is -0.477. The molecule has 7 heteroatoms. The van der Waals surface area contributed by atoms with Gasteiger partial charge in [0.25, 0.3) is 0 Å². The van der Waals surface area contributed by atoms with Gasteiger partial charge in [-0.25, -0.2) is 9.78 Å². The van der Waals surface area contributed by atoms with Gasteiger partial charge in [-0.1, -0.05) is 0 Å². The molecule has 0 fully saturated rings. The Bertz CT molecular complexity index is 528. The third-order valence-corrected chi connectivity index (χ3v) is 2.15. The Labute approximate surface area is 91.2 Å². The van der Waals surface area contributed by atoms with Crippen molar-refractivity contribution in [2.75, 3.05) is 12.8 Å². The van der Waals surface area contributed by atoms with Crippen LogP contribution >= 0.6 is 0 Å². The summed E-state index contributed by atoms with van der Waals surface area (Å²) in [6, 6.07) is 1.61. The lowest BCUT2D eigenvalue weighted by Crippen LogP contribution is -2.02. The smallest absolute Gasteiger partial charge is 0.358 e. The summed E-state index contributed by atoms with van der Waals surface area (Å²) >= 11 is 0. The molecule has 2 rings (SSSR count). The fourth-order valence-corrected chi connectivity index (χ4v) is 1.39. The van der Waals surface area contributed by atoms with Crippen molar-refractivity contribution in [3.8, 4) is 11.4 Å². The number of aromatic amines is 1. The van der Waals surface area contributed by atoms with Gasteiger partial charge in [0.1, 0.15) is 0 Å². The van der Waals surface area contributed by atoms with Gasteiger partial charge in [0.15, 0.2) is 11.6 Å². The van der Waals surface area contributed by atoms with Crippen LogP contribution in [-0.2, 0) is 11.8 Å². The summed E-state index contributed by atoms with van der Waals surface area (Å²) in [6.45, 7) is 0. The molecule has 2 aromatic heterocycles. The SMILES string of the molecule is COC(=O)c1cc(-c2cnc(N)[nH]2)n(C)n1. The van der Waals surface area contributed by atoms with Crippen LogP contribution in [0.25, 0.3) is 11.4 Å². The zero-order valence-electron chi connectivity index (χ0n) is 8.89. The molecule has 3 N–H and O–H groups in total. The van der Waals surface area contributed by atoms with Crippen LogP contribution in [0.2, 0.25) is 0 Å². The molecule has 0 saturated carbocycles. The average Bonchev–Trinajstić information content (AvgIpc) is 2.83. The predicted molar refractivity (Wildman–Crippen MR) is 56.5 cm³/mol. The Morgan fingerprint density at radius 1 is 1.62 bits per heavy atom. The van der Waals surface area contributed by atoms with Crippen molar-refractivity contribution in [3.63, 3.8) is 0 Å². The van der Waals surface area contributed by atoms with Crippen LogP contribution in [0.15, 0.2) is 12.3 Å². The van der Waals surface area contributed by atoms with E-state index in [2.05, 4.69) is 19.8 Å². The molecule has 7 nitrogen and oxygen atoms in total. The van der Waals surface area contributed by atoms with E-state index in [1.807, 2.05) is 0 Å². The molecule has 0 aliphatic heterocycles. The molecule has 0 spiro atoms. The molecule has 0 saturated heterocycles. The molecule has 0 bridgehead atoms. The zero-order chi connectivity index (χ0) is 11.7. The van der Waals surface area contributed by atoms with Gasteiger partial charge in [-0.3, -0.25) is 4.68 Å². The minimum Gasteiger partial charge on any atom is -0.464 e. The summed E-state index contributed by atoms with van der Waals surface area (Å²) in [5.41, 5.74) is 7.12. The number of rotatable bonds is 2. The van der Waals surface area contributed by atoms with E-state index in [4.69, 9.17) is 5.73 Å². The average molecular weight is 221 g/mol. The number of aryl methyl sites for hydroxylation is 1. The Balaban J connectivity index is 2.43. The van der Waals surface area contributed by atoms with E-state index in [0.29, 0.717) is 17.3 Å². The van der Waals surface area contributed by atoms with Gasteiger partial charge < -0.3 is 15.5 Å². The summed E-state index contributed by atoms with van der Waals surface area (Å²) in [5.74, 6) is -0.162. The summed E-state index contributed by atoms with van der Waals surface area (Å²) in [4.78, 5) is 18.0. The molecule has 0 unspecified atom stereocenters. The van der Waals surface area contributed by atoms with Gasteiger partial charge in [0.05, 0.1) is 24.7 Å². The molecule has 0 aliphatic carbocycles. The highest BCUT2D eigenvalue weighted by atomic mass is 16.5. The molecule has 0 atom stereocenters. The normalized spacial score (nSPS) is 10.4. The van der Waals surface area contributed by atoms with Gasteiger partial charge in [0.2, 0.25) is 0 Å². The van der Waals surface area contributed by atoms with Crippen LogP contribution in [0, 0.1) is 0 Å². The number of methoxy groups -OCH3 is 1. The number of ether oxygens (including phenoxy) is 1. The van der Waals surface area contributed by atoms with Crippen LogP contribution in [0.1, 0.15) is 10.5 Å². The van der Waals surface area contributed by atoms with Crippen molar-refractivity contribution < 1.29 is 9.53 Å². The molecule has 0 amide bonds. The zero-order valence-corrected chi connectivity index (χ0v) is 8.89. The molecule has 0 radical (unpaired) electrons. The van der Waals surface area contributed by atoms with E-state index in [1.54, 1.807) is 24.0 Å². The quantitative estimate of drug-likeness (QED) is 0.705. The Hall–Kier alpha value is -2.31. The monoisotopic (exact) mass is 221 g/mol. The topological polar surface area (TPSA) is 98.8 Å². The summed E-state index contributed by atoms with van der Waals surface area (Å²) < 4.78 is 6.14. The van der Waals surface area contributed by atoms with Crippen molar-refractivity contribution in [1.29, 1.82) is 0 Å². The van der Waals surface area contributed by atoms with E-state index in [-0.39, 0.29) is 5.69 Å². The Morgan fingerprint density at radius 3 is 2.94 bits per heavy atom. The second kappa shape index (κ2) is 3.69. The van der Waals surface area contributed by atoms with Gasteiger partial charge in [0, 0.05) is 13.1 Å².